The first-order valence-corrected chi connectivity index (χ1v) is 6.87. The Labute approximate surface area is 122 Å². The van der Waals surface area contributed by atoms with E-state index in [0.29, 0.717) is 24.9 Å². The number of carbonyl (C=O) groups excluding carboxylic acids is 2. The zero-order valence-corrected chi connectivity index (χ0v) is 11.6. The molecule has 112 valence electrons. The van der Waals surface area contributed by atoms with Gasteiger partial charge in [0.15, 0.2) is 0 Å². The Kier molecular flexibility index (Phi) is 4.86. The van der Waals surface area contributed by atoms with E-state index in [4.69, 9.17) is 0 Å². The number of likely N-dealkylation sites (tertiary alicyclic amines) is 1. The molecule has 1 amide bonds. The third-order valence-corrected chi connectivity index (χ3v) is 3.47. The SMILES string of the molecule is O=Cc1ccc(NCCC(=O)N2CCCC2)c([N+](=O)[O-])c1. The van der Waals surface area contributed by atoms with Crippen LogP contribution in [0, 0.1) is 10.1 Å². The molecule has 0 radical (unpaired) electrons. The van der Waals surface area contributed by atoms with Gasteiger partial charge in [-0.15, -0.1) is 0 Å². The number of amides is 1. The van der Waals surface area contributed by atoms with Gasteiger partial charge in [0.05, 0.1) is 4.92 Å². The summed E-state index contributed by atoms with van der Waals surface area (Å²) in [5, 5.41) is 13.9. The van der Waals surface area contributed by atoms with Gasteiger partial charge in [-0.1, -0.05) is 0 Å². The lowest BCUT2D eigenvalue weighted by Crippen LogP contribution is -2.29. The third kappa shape index (κ3) is 3.77. The lowest BCUT2D eigenvalue weighted by molar-refractivity contribution is -0.384. The van der Waals surface area contributed by atoms with Crippen LogP contribution in [0.25, 0.3) is 0 Å². The van der Waals surface area contributed by atoms with Crippen molar-refractivity contribution in [3.8, 4) is 0 Å². The number of nitrogens with one attached hydrogen (secondary N) is 1. The van der Waals surface area contributed by atoms with Gasteiger partial charge in [-0.25, -0.2) is 0 Å². The zero-order chi connectivity index (χ0) is 15.2. The summed E-state index contributed by atoms with van der Waals surface area (Å²) >= 11 is 0. The van der Waals surface area contributed by atoms with Crippen LogP contribution in [0.1, 0.15) is 29.6 Å². The first kappa shape index (κ1) is 15.0. The number of carbonyl (C=O) groups is 2. The van der Waals surface area contributed by atoms with Crippen molar-refractivity contribution in [3.63, 3.8) is 0 Å². The van der Waals surface area contributed by atoms with Crippen LogP contribution in [0.15, 0.2) is 18.2 Å². The van der Waals surface area contributed by atoms with Crippen molar-refractivity contribution in [1.82, 2.24) is 4.90 Å². The van der Waals surface area contributed by atoms with E-state index in [2.05, 4.69) is 5.32 Å². The molecule has 7 nitrogen and oxygen atoms in total. The van der Waals surface area contributed by atoms with Gasteiger partial charge >= 0.3 is 0 Å². The Balaban J connectivity index is 1.94. The lowest BCUT2D eigenvalue weighted by atomic mass is 10.2. The van der Waals surface area contributed by atoms with Gasteiger partial charge in [-0.05, 0) is 25.0 Å². The molecule has 1 saturated heterocycles. The molecule has 0 aromatic heterocycles. The first-order valence-electron chi connectivity index (χ1n) is 6.87. The lowest BCUT2D eigenvalue weighted by Gasteiger charge is -2.15. The summed E-state index contributed by atoms with van der Waals surface area (Å²) in [4.78, 5) is 34.7. The van der Waals surface area contributed by atoms with E-state index >= 15 is 0 Å². The second-order valence-corrected chi connectivity index (χ2v) is 4.92. The maximum atomic E-state index is 11.9. The number of aldehydes is 1. The minimum Gasteiger partial charge on any atom is -0.379 e. The molecule has 21 heavy (non-hydrogen) atoms. The van der Waals surface area contributed by atoms with Gasteiger partial charge < -0.3 is 10.2 Å². The molecule has 7 heteroatoms. The number of hydrogen-bond donors (Lipinski definition) is 1. The first-order chi connectivity index (χ1) is 10.1. The number of nitro groups is 1. The number of anilines is 1. The zero-order valence-electron chi connectivity index (χ0n) is 11.6. The average Bonchev–Trinajstić information content (AvgIpc) is 3.01. The van der Waals surface area contributed by atoms with Gasteiger partial charge in [0.25, 0.3) is 5.69 Å². The molecular weight excluding hydrogens is 274 g/mol. The fourth-order valence-corrected chi connectivity index (χ4v) is 2.35. The smallest absolute Gasteiger partial charge is 0.293 e. The Morgan fingerprint density at radius 2 is 2.10 bits per heavy atom. The van der Waals surface area contributed by atoms with Crippen molar-refractivity contribution < 1.29 is 14.5 Å². The predicted octanol–water partition coefficient (Wildman–Crippen LogP) is 1.83. The van der Waals surface area contributed by atoms with Crippen LogP contribution in [-0.2, 0) is 4.79 Å². The van der Waals surface area contributed by atoms with E-state index in [9.17, 15) is 19.7 Å². The van der Waals surface area contributed by atoms with Crippen molar-refractivity contribution in [1.29, 1.82) is 0 Å². The second kappa shape index (κ2) is 6.83. The molecule has 2 rings (SSSR count). The Bertz CT molecular complexity index is 553. The average molecular weight is 291 g/mol. The Morgan fingerprint density at radius 3 is 2.71 bits per heavy atom. The highest BCUT2D eigenvalue weighted by Gasteiger charge is 2.18. The molecule has 1 aliphatic rings. The maximum absolute atomic E-state index is 11.9. The van der Waals surface area contributed by atoms with Crippen LogP contribution >= 0.6 is 0 Å². The summed E-state index contributed by atoms with van der Waals surface area (Å²) in [6.45, 7) is 1.93. The molecule has 1 aliphatic heterocycles. The molecule has 1 heterocycles. The highest BCUT2D eigenvalue weighted by molar-refractivity contribution is 5.80. The van der Waals surface area contributed by atoms with E-state index in [-0.39, 0.29) is 17.2 Å². The molecular formula is C14H17N3O4. The number of nitro benzene ring substituents is 1. The van der Waals surface area contributed by atoms with Gasteiger partial charge in [-0.3, -0.25) is 19.7 Å². The molecule has 0 bridgehead atoms. The van der Waals surface area contributed by atoms with Gasteiger partial charge in [0.1, 0.15) is 12.0 Å². The third-order valence-electron chi connectivity index (χ3n) is 3.47. The summed E-state index contributed by atoms with van der Waals surface area (Å²) in [6.07, 6.45) is 2.94. The van der Waals surface area contributed by atoms with Gasteiger partial charge in [0, 0.05) is 37.7 Å². The van der Waals surface area contributed by atoms with E-state index in [1.165, 1.54) is 18.2 Å². The summed E-state index contributed by atoms with van der Waals surface area (Å²) < 4.78 is 0. The molecule has 0 atom stereocenters. The largest absolute Gasteiger partial charge is 0.379 e. The highest BCUT2D eigenvalue weighted by atomic mass is 16.6. The van der Waals surface area contributed by atoms with Gasteiger partial charge in [-0.2, -0.15) is 0 Å². The molecule has 0 saturated carbocycles. The normalized spacial score (nSPS) is 14.0. The number of benzene rings is 1. The van der Waals surface area contributed by atoms with E-state index in [1.807, 2.05) is 4.90 Å². The van der Waals surface area contributed by atoms with E-state index in [1.54, 1.807) is 0 Å². The summed E-state index contributed by atoms with van der Waals surface area (Å²) in [5.41, 5.74) is 0.411. The fourth-order valence-electron chi connectivity index (χ4n) is 2.35. The Morgan fingerprint density at radius 1 is 1.38 bits per heavy atom. The minimum absolute atomic E-state index is 0.0622. The molecule has 1 aromatic carbocycles. The van der Waals surface area contributed by atoms with Crippen LogP contribution in [0.2, 0.25) is 0 Å². The van der Waals surface area contributed by atoms with E-state index < -0.39 is 4.92 Å². The van der Waals surface area contributed by atoms with Crippen molar-refractivity contribution in [2.45, 2.75) is 19.3 Å². The molecule has 0 spiro atoms. The van der Waals surface area contributed by atoms with Crippen LogP contribution in [0.4, 0.5) is 11.4 Å². The number of rotatable bonds is 6. The monoisotopic (exact) mass is 291 g/mol. The van der Waals surface area contributed by atoms with Crippen molar-refractivity contribution in [2.24, 2.45) is 0 Å². The predicted molar refractivity (Wildman–Crippen MR) is 77.4 cm³/mol. The standard InChI is InChI=1S/C14H17N3O4/c18-10-11-3-4-12(13(9-11)17(20)21)15-6-5-14(19)16-7-1-2-8-16/h3-4,9-10,15H,1-2,5-8H2. The quantitative estimate of drug-likeness (QED) is 0.490. The number of hydrogen-bond acceptors (Lipinski definition) is 5. The van der Waals surface area contributed by atoms with Crippen LogP contribution in [0.3, 0.4) is 0 Å². The fraction of sp³-hybridized carbons (Fsp3) is 0.429. The second-order valence-electron chi connectivity index (χ2n) is 4.92. The van der Waals surface area contributed by atoms with Gasteiger partial charge in [0.2, 0.25) is 5.91 Å². The molecule has 0 unspecified atom stereocenters. The highest BCUT2D eigenvalue weighted by Crippen LogP contribution is 2.25. The van der Waals surface area contributed by atoms with Crippen molar-refractivity contribution in [2.75, 3.05) is 25.0 Å². The van der Waals surface area contributed by atoms with Crippen molar-refractivity contribution >= 4 is 23.6 Å². The van der Waals surface area contributed by atoms with Crippen LogP contribution < -0.4 is 5.32 Å². The summed E-state index contributed by atoms with van der Waals surface area (Å²) in [6, 6.07) is 4.21. The molecule has 1 fully saturated rings. The number of nitrogens with zero attached hydrogens (tertiary/aromatic N) is 2. The molecule has 1 N–H and O–H groups in total. The van der Waals surface area contributed by atoms with E-state index in [0.717, 1.165) is 25.9 Å². The maximum Gasteiger partial charge on any atom is 0.293 e. The molecule has 0 aliphatic carbocycles. The molecule has 1 aromatic rings. The van der Waals surface area contributed by atoms with Crippen molar-refractivity contribution in [3.05, 3.63) is 33.9 Å². The minimum atomic E-state index is -0.544. The topological polar surface area (TPSA) is 92.6 Å². The summed E-state index contributed by atoms with van der Waals surface area (Å²) in [7, 11) is 0. The summed E-state index contributed by atoms with van der Waals surface area (Å²) in [5.74, 6) is 0.0622. The van der Waals surface area contributed by atoms with Crippen LogP contribution in [0.5, 0.6) is 0 Å². The Hall–Kier alpha value is -2.44. The van der Waals surface area contributed by atoms with Crippen LogP contribution in [-0.4, -0.2) is 41.7 Å².